The lowest BCUT2D eigenvalue weighted by molar-refractivity contribution is -0.385. The van der Waals surface area contributed by atoms with Gasteiger partial charge < -0.3 is 5.11 Å². The predicted molar refractivity (Wildman–Crippen MR) is 49.0 cm³/mol. The van der Waals surface area contributed by atoms with E-state index in [0.717, 1.165) is 0 Å². The Labute approximate surface area is 83.9 Å². The van der Waals surface area contributed by atoms with Gasteiger partial charge >= 0.3 is 0 Å². The molecule has 0 amide bonds. The Morgan fingerprint density at radius 3 is 2.54 bits per heavy atom. The number of nitrogens with zero attached hydrogens (tertiary/aromatic N) is 1. The molecule has 0 heterocycles. The monoisotopic (exact) mass is 221 g/mol. The van der Waals surface area contributed by atoms with Gasteiger partial charge in [-0.1, -0.05) is 23.2 Å². The molecule has 0 saturated heterocycles. The largest absolute Gasteiger partial charge is 0.391 e. The second-order valence-electron chi connectivity index (χ2n) is 2.28. The number of nitro benzene ring substituents is 1. The second kappa shape index (κ2) is 3.91. The highest BCUT2D eigenvalue weighted by Crippen LogP contribution is 2.34. The van der Waals surface area contributed by atoms with Crippen molar-refractivity contribution in [2.45, 2.75) is 6.61 Å². The van der Waals surface area contributed by atoms with E-state index in [9.17, 15) is 10.1 Å². The lowest BCUT2D eigenvalue weighted by Gasteiger charge is -2.02. The van der Waals surface area contributed by atoms with Crippen molar-refractivity contribution in [2.75, 3.05) is 0 Å². The summed E-state index contributed by atoms with van der Waals surface area (Å²) in [6.45, 7) is -0.437. The third-order valence-electron chi connectivity index (χ3n) is 1.51. The van der Waals surface area contributed by atoms with Gasteiger partial charge in [0, 0.05) is 0 Å². The minimum atomic E-state index is -0.667. The third-order valence-corrected chi connectivity index (χ3v) is 2.30. The number of nitro groups is 1. The molecule has 4 nitrogen and oxygen atoms in total. The lowest BCUT2D eigenvalue weighted by Crippen LogP contribution is -1.96. The minimum absolute atomic E-state index is 0.102. The van der Waals surface area contributed by atoms with Crippen molar-refractivity contribution in [1.82, 2.24) is 0 Å². The molecule has 1 rings (SSSR count). The van der Waals surface area contributed by atoms with E-state index in [0.29, 0.717) is 0 Å². The Bertz CT molecular complexity index is 354. The molecule has 0 aromatic heterocycles. The van der Waals surface area contributed by atoms with Crippen molar-refractivity contribution in [1.29, 1.82) is 0 Å². The summed E-state index contributed by atoms with van der Waals surface area (Å²) in [5, 5.41) is 19.2. The Kier molecular flexibility index (Phi) is 3.08. The quantitative estimate of drug-likeness (QED) is 0.617. The van der Waals surface area contributed by atoms with Gasteiger partial charge in [0.15, 0.2) is 0 Å². The second-order valence-corrected chi connectivity index (χ2v) is 3.07. The van der Waals surface area contributed by atoms with E-state index in [1.165, 1.54) is 12.1 Å². The molecule has 1 N–H and O–H groups in total. The van der Waals surface area contributed by atoms with Gasteiger partial charge in [-0.15, -0.1) is 0 Å². The molecular formula is C7H5Cl2NO3. The Balaban J connectivity index is 3.41. The maximum Gasteiger partial charge on any atom is 0.294 e. The molecule has 0 aliphatic heterocycles. The number of aliphatic hydroxyl groups is 1. The summed E-state index contributed by atoms with van der Waals surface area (Å²) in [5.41, 5.74) is -0.184. The van der Waals surface area contributed by atoms with Crippen LogP contribution < -0.4 is 0 Å². The zero-order valence-electron chi connectivity index (χ0n) is 6.33. The summed E-state index contributed by atoms with van der Waals surface area (Å²) in [6.07, 6.45) is 0. The highest BCUT2D eigenvalue weighted by molar-refractivity contribution is 6.43. The molecule has 13 heavy (non-hydrogen) atoms. The summed E-state index contributed by atoms with van der Waals surface area (Å²) in [6, 6.07) is 2.77. The molecule has 6 heteroatoms. The summed E-state index contributed by atoms with van der Waals surface area (Å²) in [5.74, 6) is 0. The first-order chi connectivity index (χ1) is 6.07. The maximum atomic E-state index is 10.5. The Hall–Kier alpha value is -0.840. The van der Waals surface area contributed by atoms with Crippen molar-refractivity contribution in [2.24, 2.45) is 0 Å². The first-order valence-electron chi connectivity index (χ1n) is 3.30. The van der Waals surface area contributed by atoms with Crippen molar-refractivity contribution in [3.8, 4) is 0 Å². The van der Waals surface area contributed by atoms with Crippen LogP contribution in [-0.4, -0.2) is 10.0 Å². The Morgan fingerprint density at radius 2 is 2.08 bits per heavy atom. The van der Waals surface area contributed by atoms with Crippen molar-refractivity contribution < 1.29 is 10.0 Å². The fourth-order valence-corrected chi connectivity index (χ4v) is 1.31. The molecule has 1 aromatic carbocycles. The molecule has 0 unspecified atom stereocenters. The number of benzene rings is 1. The van der Waals surface area contributed by atoms with E-state index in [1.807, 2.05) is 0 Å². The summed E-state index contributed by atoms with van der Waals surface area (Å²) in [7, 11) is 0. The summed E-state index contributed by atoms with van der Waals surface area (Å²) >= 11 is 11.2. The predicted octanol–water partition coefficient (Wildman–Crippen LogP) is 2.39. The third kappa shape index (κ3) is 1.91. The van der Waals surface area contributed by atoms with Gasteiger partial charge in [-0.2, -0.15) is 0 Å². The summed E-state index contributed by atoms with van der Waals surface area (Å²) < 4.78 is 0. The SMILES string of the molecule is O=[N+]([O-])c1c(CO)ccc(Cl)c1Cl. The van der Waals surface area contributed by atoms with Gasteiger partial charge in [-0.25, -0.2) is 0 Å². The topological polar surface area (TPSA) is 63.4 Å². The highest BCUT2D eigenvalue weighted by atomic mass is 35.5. The van der Waals surface area contributed by atoms with Crippen LogP contribution in [-0.2, 0) is 6.61 Å². The molecule has 0 aliphatic carbocycles. The molecule has 0 fully saturated rings. The van der Waals surface area contributed by atoms with Gasteiger partial charge in [-0.05, 0) is 12.1 Å². The summed E-state index contributed by atoms with van der Waals surface area (Å²) in [4.78, 5) is 9.84. The van der Waals surface area contributed by atoms with Crippen LogP contribution in [0.25, 0.3) is 0 Å². The Morgan fingerprint density at radius 1 is 1.46 bits per heavy atom. The number of halogens is 2. The molecule has 0 atom stereocenters. The zero-order chi connectivity index (χ0) is 10.0. The molecule has 0 bridgehead atoms. The van der Waals surface area contributed by atoms with Crippen LogP contribution >= 0.6 is 23.2 Å². The van der Waals surface area contributed by atoms with E-state index in [1.54, 1.807) is 0 Å². The average molecular weight is 222 g/mol. The molecule has 0 saturated carbocycles. The van der Waals surface area contributed by atoms with Crippen LogP contribution in [0.5, 0.6) is 0 Å². The molecule has 0 radical (unpaired) electrons. The van der Waals surface area contributed by atoms with Crippen LogP contribution in [0.3, 0.4) is 0 Å². The molecule has 1 aromatic rings. The van der Waals surface area contributed by atoms with E-state index in [4.69, 9.17) is 28.3 Å². The van der Waals surface area contributed by atoms with Gasteiger partial charge in [0.25, 0.3) is 5.69 Å². The first kappa shape index (κ1) is 10.2. The molecule has 0 spiro atoms. The number of aliphatic hydroxyl groups excluding tert-OH is 1. The van der Waals surface area contributed by atoms with Crippen molar-refractivity contribution >= 4 is 28.9 Å². The van der Waals surface area contributed by atoms with E-state index >= 15 is 0 Å². The normalized spacial score (nSPS) is 10.1. The van der Waals surface area contributed by atoms with Crippen molar-refractivity contribution in [3.63, 3.8) is 0 Å². The standard InChI is InChI=1S/C7H5Cl2NO3/c8-5-2-1-4(3-11)7(6(5)9)10(12)13/h1-2,11H,3H2. The van der Waals surface area contributed by atoms with Crippen LogP contribution in [0.4, 0.5) is 5.69 Å². The van der Waals surface area contributed by atoms with E-state index in [2.05, 4.69) is 0 Å². The van der Waals surface area contributed by atoms with Crippen LogP contribution in [0, 0.1) is 10.1 Å². The van der Waals surface area contributed by atoms with Gasteiger partial charge in [0.1, 0.15) is 5.02 Å². The van der Waals surface area contributed by atoms with Gasteiger partial charge in [0.05, 0.1) is 22.1 Å². The van der Waals surface area contributed by atoms with Crippen LogP contribution in [0.2, 0.25) is 10.0 Å². The molecular weight excluding hydrogens is 217 g/mol. The maximum absolute atomic E-state index is 10.5. The number of rotatable bonds is 2. The zero-order valence-corrected chi connectivity index (χ0v) is 7.84. The fraction of sp³-hybridized carbons (Fsp3) is 0.143. The van der Waals surface area contributed by atoms with Gasteiger partial charge in [-0.3, -0.25) is 10.1 Å². The number of hydrogen-bond donors (Lipinski definition) is 1. The van der Waals surface area contributed by atoms with Crippen LogP contribution in [0.1, 0.15) is 5.56 Å². The van der Waals surface area contributed by atoms with Crippen molar-refractivity contribution in [3.05, 3.63) is 37.9 Å². The first-order valence-corrected chi connectivity index (χ1v) is 4.05. The number of hydrogen-bond acceptors (Lipinski definition) is 3. The fourth-order valence-electron chi connectivity index (χ4n) is 0.905. The van der Waals surface area contributed by atoms with E-state index < -0.39 is 11.5 Å². The van der Waals surface area contributed by atoms with Crippen LogP contribution in [0.15, 0.2) is 12.1 Å². The van der Waals surface area contributed by atoms with E-state index in [-0.39, 0.29) is 21.3 Å². The molecule has 0 aliphatic rings. The van der Waals surface area contributed by atoms with Gasteiger partial charge in [0.2, 0.25) is 0 Å². The molecule has 70 valence electrons. The minimum Gasteiger partial charge on any atom is -0.391 e. The smallest absolute Gasteiger partial charge is 0.294 e. The highest BCUT2D eigenvalue weighted by Gasteiger charge is 2.20. The lowest BCUT2D eigenvalue weighted by atomic mass is 10.2. The average Bonchev–Trinajstić information content (AvgIpc) is 2.08.